The van der Waals surface area contributed by atoms with Crippen LogP contribution in [0.1, 0.15) is 93.6 Å². The highest BCUT2D eigenvalue weighted by atomic mass is 16.5. The number of anilines is 2. The van der Waals surface area contributed by atoms with E-state index in [1.54, 1.807) is 51.8 Å². The van der Waals surface area contributed by atoms with Gasteiger partial charge in [-0.15, -0.1) is 0 Å². The van der Waals surface area contributed by atoms with E-state index >= 15 is 0 Å². The van der Waals surface area contributed by atoms with Crippen LogP contribution in [0, 0.1) is 13.8 Å². The van der Waals surface area contributed by atoms with Crippen LogP contribution in [0.3, 0.4) is 0 Å². The maximum Gasteiger partial charge on any atom is 0.276 e. The Bertz CT molecular complexity index is 2410. The van der Waals surface area contributed by atoms with Crippen LogP contribution in [-0.4, -0.2) is 68.4 Å². The molecule has 282 valence electrons. The lowest BCUT2D eigenvalue weighted by atomic mass is 10.1. The van der Waals surface area contributed by atoms with Crippen molar-refractivity contribution in [2.75, 3.05) is 10.6 Å². The molecule has 17 nitrogen and oxygen atoms in total. The highest BCUT2D eigenvalue weighted by Crippen LogP contribution is 2.32. The zero-order valence-electron chi connectivity index (χ0n) is 31.1. The zero-order valence-corrected chi connectivity index (χ0v) is 31.1. The molecule has 0 radical (unpaired) electrons. The molecule has 0 saturated heterocycles. The summed E-state index contributed by atoms with van der Waals surface area (Å²) in [5, 5.41) is 14.7. The van der Waals surface area contributed by atoms with Gasteiger partial charge in [-0.1, -0.05) is 0 Å². The molecule has 4 amide bonds. The second-order valence-corrected chi connectivity index (χ2v) is 13.2. The lowest BCUT2D eigenvalue weighted by Crippen LogP contribution is -2.20. The first-order valence-electron chi connectivity index (χ1n) is 17.8. The van der Waals surface area contributed by atoms with Crippen molar-refractivity contribution in [1.82, 2.24) is 38.7 Å². The van der Waals surface area contributed by atoms with Gasteiger partial charge in [0, 0.05) is 37.3 Å². The number of nitrogens with zero attached hydrogens (tertiary/aromatic N) is 8. The van der Waals surface area contributed by atoms with Crippen LogP contribution in [0.25, 0.3) is 22.1 Å². The van der Waals surface area contributed by atoms with E-state index in [9.17, 15) is 19.2 Å². The van der Waals surface area contributed by atoms with Crippen LogP contribution in [-0.2, 0) is 26.2 Å². The molecule has 0 fully saturated rings. The van der Waals surface area contributed by atoms with Crippen molar-refractivity contribution in [2.24, 2.45) is 11.5 Å². The fourth-order valence-corrected chi connectivity index (χ4v) is 6.44. The maximum atomic E-state index is 13.6. The number of hydrogen-bond donors (Lipinski definition) is 4. The Morgan fingerprint density at radius 2 is 1.24 bits per heavy atom. The van der Waals surface area contributed by atoms with Gasteiger partial charge in [-0.3, -0.25) is 39.2 Å². The molecule has 54 heavy (non-hydrogen) atoms. The minimum absolute atomic E-state index is 0.221. The fourth-order valence-electron chi connectivity index (χ4n) is 6.44. The van der Waals surface area contributed by atoms with Crippen molar-refractivity contribution in [2.45, 2.75) is 86.7 Å². The van der Waals surface area contributed by atoms with E-state index in [1.807, 2.05) is 50.7 Å². The predicted octanol–water partition coefficient (Wildman–Crippen LogP) is 4.41. The Labute approximate surface area is 310 Å². The fraction of sp³-hybridized carbons (Fsp3) is 0.351. The first kappa shape index (κ1) is 37.2. The number of benzene rings is 2. The lowest BCUT2D eigenvalue weighted by molar-refractivity contribution is 0.0991. The molecule has 6 N–H and O–H groups in total. The van der Waals surface area contributed by atoms with E-state index < -0.39 is 17.7 Å². The first-order chi connectivity index (χ1) is 25.8. The minimum Gasteiger partial charge on any atom is -0.489 e. The molecule has 4 heterocycles. The Balaban J connectivity index is 1.33. The summed E-state index contributed by atoms with van der Waals surface area (Å²) in [6, 6.07) is 11.6. The van der Waals surface area contributed by atoms with Crippen molar-refractivity contribution >= 4 is 57.6 Å². The predicted molar refractivity (Wildman–Crippen MR) is 203 cm³/mol. The second kappa shape index (κ2) is 15.2. The van der Waals surface area contributed by atoms with Crippen molar-refractivity contribution in [3.63, 3.8) is 0 Å². The van der Waals surface area contributed by atoms with Crippen LogP contribution in [0.4, 0.5) is 11.9 Å². The van der Waals surface area contributed by atoms with Crippen LogP contribution < -0.4 is 26.8 Å². The molecular weight excluding hydrogens is 692 g/mol. The van der Waals surface area contributed by atoms with Gasteiger partial charge in [0.2, 0.25) is 23.7 Å². The van der Waals surface area contributed by atoms with Gasteiger partial charge in [-0.05, 0) is 96.8 Å². The second-order valence-electron chi connectivity index (χ2n) is 13.2. The molecule has 0 aliphatic carbocycles. The van der Waals surface area contributed by atoms with Gasteiger partial charge >= 0.3 is 0 Å². The van der Waals surface area contributed by atoms with Crippen molar-refractivity contribution in [3.8, 4) is 5.75 Å². The number of fused-ring (bicyclic) bond motifs is 2. The largest absolute Gasteiger partial charge is 0.489 e. The summed E-state index contributed by atoms with van der Waals surface area (Å²) < 4.78 is 13.1. The van der Waals surface area contributed by atoms with E-state index in [-0.39, 0.29) is 23.5 Å². The van der Waals surface area contributed by atoms with Gasteiger partial charge in [-0.25, -0.2) is 9.97 Å². The molecule has 0 unspecified atom stereocenters. The molecule has 6 aromatic rings. The number of carbonyl (C=O) groups excluding carboxylic acids is 4. The standard InChI is InChI=1S/C37H44N12O5/c1-7-48-28(15-21(5)44-48)34(52)42-36-40-25-17-23(32(38)50)11-12-27(25)46(36)13-9-10-14-47-31-26(18-24(33(39)51)19-30(31)54-20(3)4)41-37(47)43-35(53)29-16-22(6)45-49(29)8-2/h11-12,15-20H,7-10,13-14H2,1-6H3,(H2,38,50)(H2,39,51)(H,40,42,52)(H,41,43,53). The summed E-state index contributed by atoms with van der Waals surface area (Å²) in [7, 11) is 0. The molecule has 0 atom stereocenters. The van der Waals surface area contributed by atoms with Gasteiger partial charge in [0.1, 0.15) is 22.7 Å². The van der Waals surface area contributed by atoms with Crippen LogP contribution in [0.15, 0.2) is 42.5 Å². The average molecular weight is 737 g/mol. The number of ether oxygens (including phenoxy) is 1. The van der Waals surface area contributed by atoms with Gasteiger partial charge in [0.15, 0.2) is 0 Å². The molecule has 4 aromatic heterocycles. The van der Waals surface area contributed by atoms with E-state index in [4.69, 9.17) is 21.2 Å². The van der Waals surface area contributed by atoms with Gasteiger partial charge in [0.25, 0.3) is 11.8 Å². The summed E-state index contributed by atoms with van der Waals surface area (Å²) in [6.45, 7) is 13.0. The summed E-state index contributed by atoms with van der Waals surface area (Å²) >= 11 is 0. The summed E-state index contributed by atoms with van der Waals surface area (Å²) in [5.41, 5.74) is 16.1. The number of amides is 4. The first-order valence-corrected chi connectivity index (χ1v) is 17.8. The third kappa shape index (κ3) is 7.51. The highest BCUT2D eigenvalue weighted by molar-refractivity contribution is 6.05. The number of hydrogen-bond acceptors (Lipinski definition) is 9. The summed E-state index contributed by atoms with van der Waals surface area (Å²) in [5.74, 6) is -1.04. The van der Waals surface area contributed by atoms with Crippen LogP contribution in [0.5, 0.6) is 5.75 Å². The summed E-state index contributed by atoms with van der Waals surface area (Å²) in [4.78, 5) is 60.7. The molecule has 0 saturated carbocycles. The number of aryl methyl sites for hydroxylation is 6. The Morgan fingerprint density at radius 1 is 0.722 bits per heavy atom. The number of unbranched alkanes of at least 4 members (excludes halogenated alkanes) is 1. The van der Waals surface area contributed by atoms with Gasteiger partial charge < -0.3 is 25.3 Å². The van der Waals surface area contributed by atoms with Gasteiger partial charge in [0.05, 0.1) is 34.0 Å². The van der Waals surface area contributed by atoms with E-state index in [1.165, 1.54) is 0 Å². The maximum absolute atomic E-state index is 13.6. The third-order valence-corrected chi connectivity index (χ3v) is 8.82. The number of aromatic nitrogens is 8. The average Bonchev–Trinajstić information content (AvgIpc) is 3.88. The molecular formula is C37H44N12O5. The minimum atomic E-state index is -0.638. The van der Waals surface area contributed by atoms with E-state index in [0.717, 1.165) is 0 Å². The van der Waals surface area contributed by atoms with E-state index in [0.29, 0.717) is 101 Å². The molecule has 2 aromatic carbocycles. The number of nitrogens with two attached hydrogens (primary N) is 2. The number of rotatable bonds is 15. The molecule has 0 aliphatic rings. The highest BCUT2D eigenvalue weighted by Gasteiger charge is 2.23. The monoisotopic (exact) mass is 736 g/mol. The summed E-state index contributed by atoms with van der Waals surface area (Å²) in [6.07, 6.45) is 0.928. The quantitative estimate of drug-likeness (QED) is 0.109. The van der Waals surface area contributed by atoms with Crippen LogP contribution >= 0.6 is 0 Å². The smallest absolute Gasteiger partial charge is 0.276 e. The molecule has 0 aliphatic heterocycles. The number of nitrogens with one attached hydrogen (secondary N) is 2. The van der Waals surface area contributed by atoms with Crippen molar-refractivity contribution in [3.05, 3.63) is 76.4 Å². The molecule has 17 heteroatoms. The topological polar surface area (TPSA) is 225 Å². The molecule has 6 rings (SSSR count). The zero-order chi connectivity index (χ0) is 38.8. The SMILES string of the molecule is CCn1nc(C)cc1C(=O)Nc1nc2cc(C(N)=O)ccc2n1CCCCn1c(NC(=O)c2cc(C)nn2CC)nc2cc(C(N)=O)cc(OC(C)C)c21. The Kier molecular flexibility index (Phi) is 10.5. The molecule has 0 bridgehead atoms. The normalized spacial score (nSPS) is 11.5. The lowest BCUT2D eigenvalue weighted by Gasteiger charge is -2.16. The number of imidazole rings is 2. The Hall–Kier alpha value is -6.52. The third-order valence-electron chi connectivity index (χ3n) is 8.82. The molecule has 0 spiro atoms. The van der Waals surface area contributed by atoms with Gasteiger partial charge in [-0.2, -0.15) is 10.2 Å². The van der Waals surface area contributed by atoms with Crippen molar-refractivity contribution in [1.29, 1.82) is 0 Å². The Morgan fingerprint density at radius 3 is 1.78 bits per heavy atom. The van der Waals surface area contributed by atoms with E-state index in [2.05, 4.69) is 25.8 Å². The number of carbonyl (C=O) groups is 4. The van der Waals surface area contributed by atoms with Crippen molar-refractivity contribution < 1.29 is 23.9 Å². The number of primary amides is 2. The van der Waals surface area contributed by atoms with Crippen LogP contribution in [0.2, 0.25) is 0 Å².